The van der Waals surface area contributed by atoms with Crippen molar-refractivity contribution in [1.29, 1.82) is 0 Å². The van der Waals surface area contributed by atoms with Crippen molar-refractivity contribution in [3.8, 4) is 5.75 Å². The van der Waals surface area contributed by atoms with Gasteiger partial charge in [0.1, 0.15) is 28.3 Å². The number of pyridine rings is 1. The van der Waals surface area contributed by atoms with E-state index < -0.39 is 33.7 Å². The smallest absolute Gasteiger partial charge is 0.487 e. The van der Waals surface area contributed by atoms with E-state index in [2.05, 4.69) is 14.7 Å². The number of halogens is 5. The minimum Gasteiger partial charge on any atom is -0.487 e. The van der Waals surface area contributed by atoms with Gasteiger partial charge < -0.3 is 36.8 Å². The van der Waals surface area contributed by atoms with Crippen LogP contribution in [0.25, 0.3) is 10.9 Å². The number of hydrogen-bond acceptors (Lipinski definition) is 9. The molecule has 2 fully saturated rings. The Morgan fingerprint density at radius 3 is 2.26 bits per heavy atom. The van der Waals surface area contributed by atoms with E-state index in [1.54, 1.807) is 15.9 Å². The van der Waals surface area contributed by atoms with Crippen LogP contribution in [0.2, 0.25) is 10.0 Å². The summed E-state index contributed by atoms with van der Waals surface area (Å²) in [7, 11) is -4.30. The topological polar surface area (TPSA) is 237 Å². The number of piperazine rings is 1. The fraction of sp³-hybridized carbons (Fsp3) is 0.486. The molecule has 8 N–H and O–H groups in total. The molecule has 58 heavy (non-hydrogen) atoms. The highest BCUT2D eigenvalue weighted by Crippen LogP contribution is 2.37. The molecule has 0 spiro atoms. The van der Waals surface area contributed by atoms with Crippen molar-refractivity contribution in [1.82, 2.24) is 19.5 Å². The molecule has 2 aliphatic rings. The average Bonchev–Trinajstić information content (AvgIpc) is 3.62. The molecular formula is C37H47Cl2F3N8O7S. The van der Waals surface area contributed by atoms with E-state index >= 15 is 0 Å². The number of carboxylic acid groups (broad SMARTS) is 1. The van der Waals surface area contributed by atoms with Gasteiger partial charge in [-0.05, 0) is 75.8 Å². The lowest BCUT2D eigenvalue weighted by molar-refractivity contribution is -0.192. The number of rotatable bonds is 13. The minimum absolute atomic E-state index is 0.0275. The number of unbranched alkanes of at least 4 members (excludes halogenated alkanes) is 1. The molecule has 1 atom stereocenters. The van der Waals surface area contributed by atoms with Gasteiger partial charge in [0.05, 0.1) is 11.1 Å². The average molecular weight is 876 g/mol. The molecule has 0 bridgehead atoms. The van der Waals surface area contributed by atoms with Crippen LogP contribution in [0.5, 0.6) is 5.75 Å². The number of hydrogen-bond donors (Lipinski definition) is 5. The van der Waals surface area contributed by atoms with E-state index in [1.165, 1.54) is 12.1 Å². The number of fused-ring (bicyclic) bond motifs is 1. The zero-order valence-electron chi connectivity index (χ0n) is 31.9. The lowest BCUT2D eigenvalue weighted by Gasteiger charge is -2.40. The lowest BCUT2D eigenvalue weighted by atomic mass is 9.96. The van der Waals surface area contributed by atoms with Crippen molar-refractivity contribution in [3.63, 3.8) is 0 Å². The van der Waals surface area contributed by atoms with E-state index in [-0.39, 0.29) is 52.4 Å². The van der Waals surface area contributed by atoms with E-state index in [0.717, 1.165) is 16.6 Å². The van der Waals surface area contributed by atoms with Gasteiger partial charge in [-0.3, -0.25) is 14.6 Å². The van der Waals surface area contributed by atoms with Gasteiger partial charge in [-0.2, -0.15) is 17.9 Å². The maximum atomic E-state index is 14.1. The van der Waals surface area contributed by atoms with Gasteiger partial charge in [0, 0.05) is 54.4 Å². The van der Waals surface area contributed by atoms with E-state index in [1.807, 2.05) is 32.0 Å². The number of nitrogens with two attached hydrogens (primary N) is 3. The van der Waals surface area contributed by atoms with Gasteiger partial charge in [0.25, 0.3) is 0 Å². The number of benzene rings is 2. The number of ether oxygens (including phenoxy) is 1. The number of guanidine groups is 1. The van der Waals surface area contributed by atoms with Crippen LogP contribution in [-0.2, 0) is 31.0 Å². The van der Waals surface area contributed by atoms with E-state index in [4.69, 9.17) is 55.0 Å². The highest BCUT2D eigenvalue weighted by atomic mass is 35.5. The summed E-state index contributed by atoms with van der Waals surface area (Å²) >= 11 is 13.3. The van der Waals surface area contributed by atoms with Crippen molar-refractivity contribution in [2.75, 3.05) is 32.7 Å². The maximum absolute atomic E-state index is 14.1. The standard InChI is InChI=1S/C35H46Cl2N8O5S.C2HF3O2/c1-22-20-23(2)42-31-24(22)8-7-10-28(31)50-21-25-26(36)11-12-29(30(25)37)51(48,49)43-35(13-4-5-14-35)33(47)45-18-16-44(17-19-45)32(46)27(38)9-3-6-15-41-34(39)40;3-2(4,5)1(6)7/h7-8,10-12,20,27,43H,3-6,9,13-19,21,38H2,1-2H3,(H4,39,40,41);(H,6,7)/t27-;/m0./s1. The van der Waals surface area contributed by atoms with E-state index in [0.29, 0.717) is 81.4 Å². The SMILES string of the molecule is Cc1cc(C)c2cccc(OCc3c(Cl)ccc(S(=O)(=O)NC4(C(=O)N5CCN(C(=O)[C@@H](N)CCCCN=C(N)N)CC5)CCCC4)c3Cl)c2n1.O=C(O)C(F)(F)F. The zero-order chi connectivity index (χ0) is 43.0. The number of aliphatic imine (C=N–C) groups is 1. The Morgan fingerprint density at radius 1 is 1.03 bits per heavy atom. The van der Waals surface area contributed by atoms with Crippen molar-refractivity contribution in [2.24, 2.45) is 22.2 Å². The highest BCUT2D eigenvalue weighted by molar-refractivity contribution is 7.89. The number of carbonyl (C=O) groups is 3. The molecule has 0 unspecified atom stereocenters. The number of nitrogens with zero attached hydrogens (tertiary/aromatic N) is 4. The molecule has 15 nitrogen and oxygen atoms in total. The molecule has 2 aromatic carbocycles. The number of aromatic nitrogens is 1. The number of carboxylic acids is 1. The fourth-order valence-electron chi connectivity index (χ4n) is 6.86. The predicted molar refractivity (Wildman–Crippen MR) is 213 cm³/mol. The Hall–Kier alpha value is -4.43. The number of aliphatic carboxylic acids is 1. The Kier molecular flexibility index (Phi) is 15.6. The first-order valence-corrected chi connectivity index (χ1v) is 20.6. The van der Waals surface area contributed by atoms with Gasteiger partial charge in [-0.25, -0.2) is 18.2 Å². The first-order chi connectivity index (χ1) is 27.2. The Morgan fingerprint density at radius 2 is 1.66 bits per heavy atom. The maximum Gasteiger partial charge on any atom is 0.490 e. The molecular weight excluding hydrogens is 828 g/mol. The quantitative estimate of drug-likeness (QED) is 0.0917. The summed E-state index contributed by atoms with van der Waals surface area (Å²) < 4.78 is 68.7. The number of nitrogens with one attached hydrogen (secondary N) is 1. The number of carbonyl (C=O) groups excluding carboxylic acids is 2. The third-order valence-electron chi connectivity index (χ3n) is 9.80. The molecule has 1 saturated carbocycles. The van der Waals surface area contributed by atoms with Gasteiger partial charge in [0.15, 0.2) is 5.96 Å². The molecule has 2 heterocycles. The van der Waals surface area contributed by atoms with Crippen LogP contribution in [0.15, 0.2) is 46.3 Å². The van der Waals surface area contributed by atoms with Crippen LogP contribution in [0.4, 0.5) is 13.2 Å². The van der Waals surface area contributed by atoms with Gasteiger partial charge >= 0.3 is 12.1 Å². The first kappa shape index (κ1) is 46.3. The van der Waals surface area contributed by atoms with Crippen molar-refractivity contribution >= 4 is 67.9 Å². The van der Waals surface area contributed by atoms with Crippen molar-refractivity contribution in [2.45, 2.75) is 88.1 Å². The summed E-state index contributed by atoms with van der Waals surface area (Å²) in [6, 6.07) is 9.73. The summed E-state index contributed by atoms with van der Waals surface area (Å²) in [5, 5.41) is 8.21. The van der Waals surface area contributed by atoms with E-state index in [9.17, 15) is 31.2 Å². The second-order valence-corrected chi connectivity index (χ2v) is 16.5. The van der Waals surface area contributed by atoms with Crippen molar-refractivity contribution in [3.05, 3.63) is 63.3 Å². The molecule has 318 valence electrons. The summed E-state index contributed by atoms with van der Waals surface area (Å²) in [6.07, 6.45) is -1.17. The molecule has 2 amide bonds. The Bertz CT molecular complexity index is 2120. The molecule has 21 heteroatoms. The van der Waals surface area contributed by atoms with Gasteiger partial charge in [-0.15, -0.1) is 0 Å². The molecule has 0 radical (unpaired) electrons. The number of amides is 2. The number of alkyl halides is 3. The molecule has 1 aromatic heterocycles. The number of para-hydroxylation sites is 1. The first-order valence-electron chi connectivity index (χ1n) is 18.4. The Balaban J connectivity index is 0.000000973. The minimum atomic E-state index is -5.08. The van der Waals surface area contributed by atoms with Crippen LogP contribution in [-0.4, -0.2) is 103 Å². The number of sulfonamides is 1. The highest BCUT2D eigenvalue weighted by Gasteiger charge is 2.47. The molecule has 1 aliphatic carbocycles. The van der Waals surface area contributed by atoms with Gasteiger partial charge in [-0.1, -0.05) is 48.2 Å². The second kappa shape index (κ2) is 19.5. The second-order valence-electron chi connectivity index (χ2n) is 14.1. The summed E-state index contributed by atoms with van der Waals surface area (Å²) in [5.74, 6) is -2.72. The lowest BCUT2D eigenvalue weighted by Crippen LogP contribution is -2.62. The zero-order valence-corrected chi connectivity index (χ0v) is 34.3. The van der Waals surface area contributed by atoms with Crippen LogP contribution in [0, 0.1) is 13.8 Å². The third kappa shape index (κ3) is 11.6. The number of aryl methyl sites for hydroxylation is 2. The molecule has 1 aliphatic heterocycles. The largest absolute Gasteiger partial charge is 0.490 e. The summed E-state index contributed by atoms with van der Waals surface area (Å²) in [5.41, 5.74) is 18.4. The monoisotopic (exact) mass is 874 g/mol. The summed E-state index contributed by atoms with van der Waals surface area (Å²) in [4.78, 5) is 47.6. The third-order valence-corrected chi connectivity index (χ3v) is 12.3. The van der Waals surface area contributed by atoms with Crippen LogP contribution >= 0.6 is 23.2 Å². The summed E-state index contributed by atoms with van der Waals surface area (Å²) in [6.45, 7) is 5.38. The molecule has 3 aromatic rings. The van der Waals surface area contributed by atoms with Crippen LogP contribution < -0.4 is 26.7 Å². The van der Waals surface area contributed by atoms with Crippen LogP contribution in [0.3, 0.4) is 0 Å². The van der Waals surface area contributed by atoms with Crippen molar-refractivity contribution < 1.29 is 45.8 Å². The molecule has 5 rings (SSSR count). The predicted octanol–water partition coefficient (Wildman–Crippen LogP) is 4.40. The molecule has 1 saturated heterocycles. The fourth-order valence-corrected chi connectivity index (χ4v) is 9.17. The Labute approximate surface area is 344 Å². The normalized spacial score (nSPS) is 16.0. The van der Waals surface area contributed by atoms with Crippen LogP contribution in [0.1, 0.15) is 61.8 Å². The van der Waals surface area contributed by atoms with Gasteiger partial charge in [0.2, 0.25) is 21.8 Å².